The molecule has 0 radical (unpaired) electrons. The van der Waals surface area contributed by atoms with Gasteiger partial charge in [-0.15, -0.1) is 5.10 Å². The Balaban J connectivity index is 1.63. The summed E-state index contributed by atoms with van der Waals surface area (Å²) in [6.45, 7) is 1.74. The molecule has 0 spiro atoms. The van der Waals surface area contributed by atoms with Crippen molar-refractivity contribution in [3.8, 4) is 17.1 Å². The normalized spacial score (nSPS) is 11.5. The van der Waals surface area contributed by atoms with Crippen LogP contribution in [0.15, 0.2) is 48.5 Å². The molecule has 2 aromatic heterocycles. The molecule has 2 N–H and O–H groups in total. The lowest BCUT2D eigenvalue weighted by Crippen LogP contribution is -2.21. The average Bonchev–Trinajstić information content (AvgIpc) is 3.35. The number of anilines is 1. The van der Waals surface area contributed by atoms with Crippen LogP contribution in [-0.2, 0) is 6.18 Å². The maximum Gasteiger partial charge on any atom is 0.435 e. The van der Waals surface area contributed by atoms with Crippen LogP contribution in [0.4, 0.5) is 23.2 Å². The highest BCUT2D eigenvalue weighted by atomic mass is 19.4. The van der Waals surface area contributed by atoms with Gasteiger partial charge in [0.05, 0.1) is 5.69 Å². The van der Waals surface area contributed by atoms with E-state index in [1.165, 1.54) is 24.3 Å². The van der Waals surface area contributed by atoms with E-state index in [0.29, 0.717) is 21.9 Å². The lowest BCUT2D eigenvalue weighted by atomic mass is 10.2. The van der Waals surface area contributed by atoms with E-state index in [1.54, 1.807) is 19.1 Å². The fourth-order valence-corrected chi connectivity index (χ4v) is 2.84. The highest BCUT2D eigenvalue weighted by Crippen LogP contribution is 2.33. The van der Waals surface area contributed by atoms with Crippen molar-refractivity contribution in [2.45, 2.75) is 13.1 Å². The lowest BCUT2D eigenvalue weighted by molar-refractivity contribution is -0.143. The van der Waals surface area contributed by atoms with E-state index in [4.69, 9.17) is 0 Å². The van der Waals surface area contributed by atoms with Crippen LogP contribution in [0.2, 0.25) is 0 Å². The quantitative estimate of drug-likeness (QED) is 0.479. The van der Waals surface area contributed by atoms with Gasteiger partial charge in [0.15, 0.2) is 17.2 Å². The fourth-order valence-electron chi connectivity index (χ4n) is 2.84. The summed E-state index contributed by atoms with van der Waals surface area (Å²) in [5.74, 6) is -0.813. The molecule has 0 saturated heterocycles. The number of H-pyrrole nitrogens is 1. The standard InChI is InChI=1S/C19H13F4N7O/c1-10-24-17(28-26-10)11-5-7-13(8-6-11)25-18(31)15-16(19(21,22)23)30(29-27-15)14-4-2-3-12(20)9-14/h2-9H,1H3,(H,25,31)(H,24,26,28). The van der Waals surface area contributed by atoms with Crippen LogP contribution in [0.25, 0.3) is 17.1 Å². The van der Waals surface area contributed by atoms with Gasteiger partial charge < -0.3 is 5.32 Å². The van der Waals surface area contributed by atoms with Crippen LogP contribution in [0.5, 0.6) is 0 Å². The summed E-state index contributed by atoms with van der Waals surface area (Å²) in [7, 11) is 0. The first kappa shape index (κ1) is 20.2. The van der Waals surface area contributed by atoms with Gasteiger partial charge in [-0.05, 0) is 49.4 Å². The van der Waals surface area contributed by atoms with E-state index in [-0.39, 0.29) is 11.4 Å². The first-order valence-corrected chi connectivity index (χ1v) is 8.82. The number of carbonyl (C=O) groups is 1. The maximum atomic E-state index is 13.7. The fraction of sp³-hybridized carbons (Fsp3) is 0.105. The Morgan fingerprint density at radius 1 is 1.13 bits per heavy atom. The van der Waals surface area contributed by atoms with Gasteiger partial charge in [-0.1, -0.05) is 11.3 Å². The van der Waals surface area contributed by atoms with Crippen LogP contribution < -0.4 is 5.32 Å². The minimum atomic E-state index is -4.96. The Bertz CT molecular complexity index is 1240. The molecule has 4 rings (SSSR count). The third-order valence-electron chi connectivity index (χ3n) is 4.20. The summed E-state index contributed by atoms with van der Waals surface area (Å²) in [4.78, 5) is 16.7. The van der Waals surface area contributed by atoms with E-state index in [9.17, 15) is 22.4 Å². The minimum absolute atomic E-state index is 0.218. The molecule has 0 unspecified atom stereocenters. The third kappa shape index (κ3) is 4.13. The first-order chi connectivity index (χ1) is 14.7. The molecule has 0 aliphatic heterocycles. The predicted octanol–water partition coefficient (Wildman–Crippen LogP) is 3.77. The first-order valence-electron chi connectivity index (χ1n) is 8.82. The second-order valence-electron chi connectivity index (χ2n) is 6.45. The number of rotatable bonds is 4. The molecule has 0 saturated carbocycles. The maximum absolute atomic E-state index is 13.7. The molecule has 0 aliphatic rings. The van der Waals surface area contributed by atoms with Crippen molar-refractivity contribution < 1.29 is 22.4 Å². The zero-order chi connectivity index (χ0) is 22.2. The number of hydrogen-bond acceptors (Lipinski definition) is 5. The van der Waals surface area contributed by atoms with E-state index < -0.39 is 29.3 Å². The number of aryl methyl sites for hydroxylation is 1. The van der Waals surface area contributed by atoms with E-state index in [0.717, 1.165) is 12.1 Å². The number of hydrogen-bond donors (Lipinski definition) is 2. The van der Waals surface area contributed by atoms with Crippen molar-refractivity contribution in [3.05, 3.63) is 71.6 Å². The SMILES string of the molecule is Cc1nc(-c2ccc(NC(=O)c3nnn(-c4cccc(F)c4)c3C(F)(F)F)cc2)n[nH]1. The van der Waals surface area contributed by atoms with Crippen LogP contribution >= 0.6 is 0 Å². The van der Waals surface area contributed by atoms with Gasteiger partial charge in [0, 0.05) is 11.3 Å². The summed E-state index contributed by atoms with van der Waals surface area (Å²) in [6, 6.07) is 10.6. The molecule has 0 aliphatic carbocycles. The Morgan fingerprint density at radius 2 is 1.87 bits per heavy atom. The molecule has 8 nitrogen and oxygen atoms in total. The third-order valence-corrected chi connectivity index (χ3v) is 4.20. The van der Waals surface area contributed by atoms with Crippen molar-refractivity contribution in [3.63, 3.8) is 0 Å². The van der Waals surface area contributed by atoms with Crippen molar-refractivity contribution in [2.24, 2.45) is 0 Å². The highest BCUT2D eigenvalue weighted by molar-refractivity contribution is 6.03. The second-order valence-corrected chi connectivity index (χ2v) is 6.45. The zero-order valence-corrected chi connectivity index (χ0v) is 15.8. The van der Waals surface area contributed by atoms with E-state index >= 15 is 0 Å². The number of benzene rings is 2. The number of aromatic nitrogens is 6. The molecule has 0 fully saturated rings. The molecule has 4 aromatic rings. The smallest absolute Gasteiger partial charge is 0.321 e. The Kier molecular flexibility index (Phi) is 4.97. The van der Waals surface area contributed by atoms with Crippen LogP contribution in [0, 0.1) is 12.7 Å². The Morgan fingerprint density at radius 3 is 2.48 bits per heavy atom. The molecule has 0 bridgehead atoms. The topological polar surface area (TPSA) is 101 Å². The van der Waals surface area contributed by atoms with E-state index in [1.807, 2.05) is 0 Å². The second kappa shape index (κ2) is 7.63. The van der Waals surface area contributed by atoms with Crippen LogP contribution in [0.3, 0.4) is 0 Å². The summed E-state index contributed by atoms with van der Waals surface area (Å²) in [5, 5.41) is 15.9. The Hall–Kier alpha value is -4.09. The van der Waals surface area contributed by atoms with Crippen molar-refractivity contribution in [1.82, 2.24) is 30.2 Å². The Labute approximate surface area is 171 Å². The minimum Gasteiger partial charge on any atom is -0.321 e. The van der Waals surface area contributed by atoms with Gasteiger partial charge in [-0.25, -0.2) is 14.1 Å². The molecule has 2 aromatic carbocycles. The number of halogens is 4. The zero-order valence-electron chi connectivity index (χ0n) is 15.8. The number of amides is 1. The largest absolute Gasteiger partial charge is 0.435 e. The average molecular weight is 431 g/mol. The van der Waals surface area contributed by atoms with Crippen molar-refractivity contribution in [1.29, 1.82) is 0 Å². The number of nitrogens with zero attached hydrogens (tertiary/aromatic N) is 5. The van der Waals surface area contributed by atoms with Gasteiger partial charge in [0.1, 0.15) is 11.6 Å². The summed E-state index contributed by atoms with van der Waals surface area (Å²) in [6.07, 6.45) is -4.96. The highest BCUT2D eigenvalue weighted by Gasteiger charge is 2.42. The molecule has 158 valence electrons. The van der Waals surface area contributed by atoms with Gasteiger partial charge >= 0.3 is 6.18 Å². The predicted molar refractivity (Wildman–Crippen MR) is 101 cm³/mol. The molecular formula is C19H13F4N7O. The molecule has 0 atom stereocenters. The van der Waals surface area contributed by atoms with Crippen LogP contribution in [0.1, 0.15) is 22.0 Å². The summed E-state index contributed by atoms with van der Waals surface area (Å²) in [5.41, 5.74) is -1.69. The van der Waals surface area contributed by atoms with Gasteiger partial charge in [-0.2, -0.15) is 18.3 Å². The number of carbonyl (C=O) groups excluding carboxylic acids is 1. The molecule has 12 heteroatoms. The lowest BCUT2D eigenvalue weighted by Gasteiger charge is -2.11. The van der Waals surface area contributed by atoms with Crippen molar-refractivity contribution >= 4 is 11.6 Å². The molecular weight excluding hydrogens is 418 g/mol. The monoisotopic (exact) mass is 431 g/mol. The van der Waals surface area contributed by atoms with E-state index in [2.05, 4.69) is 30.8 Å². The number of nitrogens with one attached hydrogen (secondary N) is 2. The molecule has 31 heavy (non-hydrogen) atoms. The van der Waals surface area contributed by atoms with Gasteiger partial charge in [0.25, 0.3) is 5.91 Å². The van der Waals surface area contributed by atoms with Crippen LogP contribution in [-0.4, -0.2) is 36.1 Å². The van der Waals surface area contributed by atoms with Gasteiger partial charge in [0.2, 0.25) is 0 Å². The van der Waals surface area contributed by atoms with Gasteiger partial charge in [-0.3, -0.25) is 9.89 Å². The summed E-state index contributed by atoms with van der Waals surface area (Å²) >= 11 is 0. The molecule has 2 heterocycles. The van der Waals surface area contributed by atoms with Crippen molar-refractivity contribution in [2.75, 3.05) is 5.32 Å². The number of alkyl halides is 3. The molecule has 1 amide bonds. The summed E-state index contributed by atoms with van der Waals surface area (Å²) < 4.78 is 54.9. The number of aromatic amines is 1.